The Morgan fingerprint density at radius 1 is 1.12 bits per heavy atom. The molecule has 3 N–H and O–H groups in total. The quantitative estimate of drug-likeness (QED) is 0.739. The summed E-state index contributed by atoms with van der Waals surface area (Å²) in [5.41, 5.74) is 6.45. The first-order valence-electron chi connectivity index (χ1n) is 8.79. The van der Waals surface area contributed by atoms with Crippen molar-refractivity contribution in [1.29, 1.82) is 0 Å². The lowest BCUT2D eigenvalue weighted by Crippen LogP contribution is -2.56. The Balaban J connectivity index is 2.23. The fraction of sp³-hybridized carbons (Fsp3) is 0.526. The van der Waals surface area contributed by atoms with Crippen LogP contribution in [0.4, 0.5) is 0 Å². The van der Waals surface area contributed by atoms with Gasteiger partial charge in [0.15, 0.2) is 0 Å². The van der Waals surface area contributed by atoms with Gasteiger partial charge in [-0.3, -0.25) is 19.3 Å². The highest BCUT2D eigenvalue weighted by Gasteiger charge is 2.44. The van der Waals surface area contributed by atoms with Gasteiger partial charge in [-0.15, -0.1) is 0 Å². The van der Waals surface area contributed by atoms with Crippen LogP contribution < -0.4 is 11.1 Å². The molecule has 0 saturated heterocycles. The zero-order chi connectivity index (χ0) is 18.8. The van der Waals surface area contributed by atoms with Crippen molar-refractivity contribution in [3.05, 3.63) is 35.4 Å². The minimum Gasteiger partial charge on any atom is -0.352 e. The fourth-order valence-corrected chi connectivity index (χ4v) is 3.05. The van der Waals surface area contributed by atoms with Crippen molar-refractivity contribution >= 4 is 17.7 Å². The summed E-state index contributed by atoms with van der Waals surface area (Å²) in [5.74, 6) is -1.39. The Hall–Kier alpha value is -2.21. The van der Waals surface area contributed by atoms with E-state index in [1.54, 1.807) is 24.3 Å². The van der Waals surface area contributed by atoms with E-state index in [1.165, 1.54) is 0 Å². The molecule has 0 spiro atoms. The maximum Gasteiger partial charge on any atom is 0.262 e. The van der Waals surface area contributed by atoms with E-state index in [4.69, 9.17) is 5.73 Å². The molecule has 25 heavy (non-hydrogen) atoms. The van der Waals surface area contributed by atoms with Crippen LogP contribution in [-0.2, 0) is 4.79 Å². The topological polar surface area (TPSA) is 92.5 Å². The van der Waals surface area contributed by atoms with Gasteiger partial charge in [-0.25, -0.2) is 0 Å². The van der Waals surface area contributed by atoms with Crippen LogP contribution in [0.2, 0.25) is 0 Å². The van der Waals surface area contributed by atoms with Crippen molar-refractivity contribution in [1.82, 2.24) is 10.2 Å². The number of rotatable bonds is 7. The molecule has 1 unspecified atom stereocenters. The summed E-state index contributed by atoms with van der Waals surface area (Å²) in [6.45, 7) is 7.90. The fourth-order valence-electron chi connectivity index (χ4n) is 3.05. The zero-order valence-corrected chi connectivity index (χ0v) is 15.3. The van der Waals surface area contributed by atoms with Gasteiger partial charge in [-0.1, -0.05) is 39.8 Å². The van der Waals surface area contributed by atoms with Gasteiger partial charge in [-0.05, 0) is 30.9 Å². The van der Waals surface area contributed by atoms with Crippen LogP contribution in [0.25, 0.3) is 0 Å². The summed E-state index contributed by atoms with van der Waals surface area (Å²) in [6, 6.07) is 5.80. The molecule has 0 bridgehead atoms. The molecule has 1 atom stereocenters. The van der Waals surface area contributed by atoms with E-state index < -0.39 is 23.4 Å². The Morgan fingerprint density at radius 3 is 2.00 bits per heavy atom. The molecule has 0 radical (unpaired) electrons. The van der Waals surface area contributed by atoms with Crippen LogP contribution in [0, 0.1) is 5.92 Å². The summed E-state index contributed by atoms with van der Waals surface area (Å²) in [7, 11) is 0. The minimum atomic E-state index is -0.856. The number of nitrogens with one attached hydrogen (secondary N) is 1. The molecule has 136 valence electrons. The smallest absolute Gasteiger partial charge is 0.262 e. The summed E-state index contributed by atoms with van der Waals surface area (Å²) < 4.78 is 0. The average molecular weight is 345 g/mol. The normalized spacial score (nSPS) is 15.5. The minimum absolute atomic E-state index is 0.211. The number of fused-ring (bicyclic) bond motifs is 1. The molecule has 0 saturated carbocycles. The summed E-state index contributed by atoms with van der Waals surface area (Å²) >= 11 is 0. The molecule has 1 aliphatic heterocycles. The van der Waals surface area contributed by atoms with Crippen molar-refractivity contribution < 1.29 is 14.4 Å². The Labute approximate surface area is 148 Å². The number of amides is 3. The molecule has 0 aromatic heterocycles. The number of benzene rings is 1. The highest BCUT2D eigenvalue weighted by molar-refractivity contribution is 6.22. The second-order valence-electron chi connectivity index (χ2n) is 7.00. The van der Waals surface area contributed by atoms with Crippen LogP contribution in [0.1, 0.15) is 61.3 Å². The van der Waals surface area contributed by atoms with Gasteiger partial charge in [0.25, 0.3) is 11.8 Å². The van der Waals surface area contributed by atoms with Gasteiger partial charge in [0.05, 0.1) is 11.1 Å². The molecular weight excluding hydrogens is 318 g/mol. The number of carbonyl (C=O) groups is 3. The number of carbonyl (C=O) groups excluding carboxylic acids is 3. The van der Waals surface area contributed by atoms with Crippen molar-refractivity contribution in [3.63, 3.8) is 0 Å². The van der Waals surface area contributed by atoms with E-state index in [2.05, 4.69) is 5.32 Å². The van der Waals surface area contributed by atoms with Gasteiger partial charge in [0.2, 0.25) is 5.91 Å². The summed E-state index contributed by atoms with van der Waals surface area (Å²) in [6.07, 6.45) is 1.45. The predicted molar refractivity (Wildman–Crippen MR) is 96.1 cm³/mol. The van der Waals surface area contributed by atoms with Gasteiger partial charge >= 0.3 is 0 Å². The number of hydrogen-bond donors (Lipinski definition) is 2. The second-order valence-corrected chi connectivity index (χ2v) is 7.00. The largest absolute Gasteiger partial charge is 0.352 e. The van der Waals surface area contributed by atoms with Gasteiger partial charge in [0, 0.05) is 12.1 Å². The first kappa shape index (κ1) is 19.1. The van der Waals surface area contributed by atoms with E-state index >= 15 is 0 Å². The van der Waals surface area contributed by atoms with Gasteiger partial charge in [0.1, 0.15) is 6.04 Å². The van der Waals surface area contributed by atoms with E-state index in [9.17, 15) is 14.4 Å². The maximum atomic E-state index is 12.8. The maximum absolute atomic E-state index is 12.8. The Bertz CT molecular complexity index is 645. The van der Waals surface area contributed by atoms with Crippen LogP contribution in [0.15, 0.2) is 24.3 Å². The molecule has 6 heteroatoms. The van der Waals surface area contributed by atoms with Crippen LogP contribution >= 0.6 is 0 Å². The number of nitrogens with zero attached hydrogens (tertiary/aromatic N) is 1. The lowest BCUT2D eigenvalue weighted by atomic mass is 9.93. The number of nitrogens with two attached hydrogens (primary N) is 1. The third kappa shape index (κ3) is 3.58. The SMILES string of the molecule is CCC(N)(CC)CNC(=O)C(C(C)C)N1C(=O)c2ccccc2C1=O. The van der Waals surface area contributed by atoms with Crippen LogP contribution in [0.5, 0.6) is 0 Å². The van der Waals surface area contributed by atoms with Gasteiger partial charge < -0.3 is 11.1 Å². The molecule has 6 nitrogen and oxygen atoms in total. The van der Waals surface area contributed by atoms with E-state index in [-0.39, 0.29) is 11.8 Å². The third-order valence-corrected chi connectivity index (χ3v) is 5.03. The van der Waals surface area contributed by atoms with Crippen molar-refractivity contribution in [2.75, 3.05) is 6.54 Å². The molecule has 0 aliphatic carbocycles. The molecule has 2 rings (SSSR count). The first-order chi connectivity index (χ1) is 11.8. The first-order valence-corrected chi connectivity index (χ1v) is 8.79. The van der Waals surface area contributed by atoms with E-state index in [0.717, 1.165) is 17.7 Å². The van der Waals surface area contributed by atoms with Crippen molar-refractivity contribution in [3.8, 4) is 0 Å². The Morgan fingerprint density at radius 2 is 1.60 bits per heavy atom. The lowest BCUT2D eigenvalue weighted by Gasteiger charge is -2.31. The predicted octanol–water partition coefficient (Wildman–Crippen LogP) is 1.94. The van der Waals surface area contributed by atoms with E-state index in [0.29, 0.717) is 17.7 Å². The molecule has 1 aromatic rings. The van der Waals surface area contributed by atoms with Crippen LogP contribution in [0.3, 0.4) is 0 Å². The average Bonchev–Trinajstić information content (AvgIpc) is 2.85. The number of imide groups is 1. The number of hydrogen-bond acceptors (Lipinski definition) is 4. The van der Waals surface area contributed by atoms with Crippen LogP contribution in [-0.4, -0.2) is 40.7 Å². The van der Waals surface area contributed by atoms with E-state index in [1.807, 2.05) is 27.7 Å². The molecule has 3 amide bonds. The summed E-state index contributed by atoms with van der Waals surface area (Å²) in [5, 5.41) is 2.84. The third-order valence-electron chi connectivity index (χ3n) is 5.03. The highest BCUT2D eigenvalue weighted by Crippen LogP contribution is 2.27. The zero-order valence-electron chi connectivity index (χ0n) is 15.3. The summed E-state index contributed by atoms with van der Waals surface area (Å²) in [4.78, 5) is 39.2. The van der Waals surface area contributed by atoms with Gasteiger partial charge in [-0.2, -0.15) is 0 Å². The van der Waals surface area contributed by atoms with Crippen molar-refractivity contribution in [2.45, 2.75) is 52.1 Å². The molecule has 1 aliphatic rings. The second kappa shape index (κ2) is 7.35. The highest BCUT2D eigenvalue weighted by atomic mass is 16.2. The standard InChI is InChI=1S/C19H27N3O3/c1-5-19(20,6-2)11-21-16(23)15(12(3)4)22-17(24)13-9-7-8-10-14(13)18(22)25/h7-10,12,15H,5-6,11,20H2,1-4H3,(H,21,23). The molecule has 0 fully saturated rings. The molecule has 1 aromatic carbocycles. The monoisotopic (exact) mass is 345 g/mol. The lowest BCUT2D eigenvalue weighted by molar-refractivity contribution is -0.126. The molecule has 1 heterocycles. The Kier molecular flexibility index (Phi) is 5.62. The molecular formula is C19H27N3O3. The van der Waals surface area contributed by atoms with Crippen molar-refractivity contribution in [2.24, 2.45) is 11.7 Å².